The molecule has 0 unspecified atom stereocenters. The number of anilines is 1. The first-order valence-corrected chi connectivity index (χ1v) is 10.6. The van der Waals surface area contributed by atoms with E-state index >= 15 is 0 Å². The minimum atomic E-state index is -0.813. The highest BCUT2D eigenvalue weighted by Crippen LogP contribution is 2.44. The molecule has 30 heavy (non-hydrogen) atoms. The van der Waals surface area contributed by atoms with Gasteiger partial charge in [0.25, 0.3) is 0 Å². The molecule has 2 bridgehead atoms. The first-order chi connectivity index (χ1) is 14.6. The Morgan fingerprint density at radius 3 is 2.70 bits per heavy atom. The number of rotatable bonds is 7. The van der Waals surface area contributed by atoms with Crippen LogP contribution in [0.25, 0.3) is 0 Å². The maximum absolute atomic E-state index is 11.0. The van der Waals surface area contributed by atoms with Crippen molar-refractivity contribution in [1.29, 1.82) is 0 Å². The molecule has 2 heterocycles. The fourth-order valence-electron chi connectivity index (χ4n) is 4.46. The molecule has 6 nitrogen and oxygen atoms in total. The number of nitrogens with zero attached hydrogens (tertiary/aromatic N) is 1. The van der Waals surface area contributed by atoms with Gasteiger partial charge in [0.15, 0.2) is 5.11 Å². The summed E-state index contributed by atoms with van der Waals surface area (Å²) in [6.07, 6.45) is 5.33. The van der Waals surface area contributed by atoms with E-state index in [4.69, 9.17) is 22.1 Å². The molecule has 2 saturated heterocycles. The third-order valence-corrected chi connectivity index (χ3v) is 5.94. The van der Waals surface area contributed by atoms with E-state index < -0.39 is 5.97 Å². The van der Waals surface area contributed by atoms with E-state index in [1.807, 2.05) is 54.7 Å². The molecule has 2 aliphatic heterocycles. The average molecular weight is 424 g/mol. The van der Waals surface area contributed by atoms with Crippen LogP contribution in [0, 0.1) is 11.8 Å². The van der Waals surface area contributed by atoms with Crippen molar-refractivity contribution >= 4 is 35.2 Å². The topological polar surface area (TPSA) is 83.0 Å². The molecule has 2 aromatic carbocycles. The molecule has 7 heteroatoms. The molecule has 0 aromatic heterocycles. The third-order valence-electron chi connectivity index (χ3n) is 5.75. The first-order valence-electron chi connectivity index (χ1n) is 10.2. The number of hydrogen-bond acceptors (Lipinski definition) is 4. The number of carbonyl (C=O) groups is 1. The zero-order chi connectivity index (χ0) is 20.9. The zero-order valence-electron chi connectivity index (χ0n) is 16.5. The molecule has 156 valence electrons. The van der Waals surface area contributed by atoms with Crippen LogP contribution < -0.4 is 10.7 Å². The van der Waals surface area contributed by atoms with Gasteiger partial charge in [-0.2, -0.15) is 5.10 Å². The molecule has 3 N–H and O–H groups in total. The number of carboxylic acids is 1. The standard InChI is InChI=1S/C23H25N3O3S/c27-22(28)13-16-6-4-5-15(11-16)12-18-19(21-10-9-20(18)29-21)14-24-26-23(30)25-17-7-2-1-3-8-17/h1-8,11,14,18-21H,9-10,12-13H2,(H,27,28)(H2,25,26,30)/t18-,19+,20-,21+/m0/s1. The second kappa shape index (κ2) is 9.36. The number of ether oxygens (including phenoxy) is 1. The number of para-hydroxylation sites is 1. The van der Waals surface area contributed by atoms with Crippen LogP contribution in [0.5, 0.6) is 0 Å². The minimum absolute atomic E-state index is 0.0434. The summed E-state index contributed by atoms with van der Waals surface area (Å²) in [4.78, 5) is 11.0. The highest BCUT2D eigenvalue weighted by atomic mass is 32.1. The van der Waals surface area contributed by atoms with E-state index in [9.17, 15) is 4.79 Å². The van der Waals surface area contributed by atoms with Crippen molar-refractivity contribution < 1.29 is 14.6 Å². The fourth-order valence-corrected chi connectivity index (χ4v) is 4.63. The number of fused-ring (bicyclic) bond motifs is 2. The Morgan fingerprint density at radius 1 is 1.13 bits per heavy atom. The summed E-state index contributed by atoms with van der Waals surface area (Å²) in [6, 6.07) is 17.6. The molecule has 2 aliphatic rings. The van der Waals surface area contributed by atoms with E-state index in [2.05, 4.69) is 21.9 Å². The molecule has 0 saturated carbocycles. The SMILES string of the molecule is O=C(O)Cc1cccc(C[C@H]2[C@@H](C=NNC(=S)Nc3ccccc3)[C@H]3CC[C@@H]2O3)c1. The van der Waals surface area contributed by atoms with E-state index in [1.54, 1.807) is 0 Å². The maximum atomic E-state index is 11.0. The second-order valence-electron chi connectivity index (χ2n) is 7.84. The maximum Gasteiger partial charge on any atom is 0.307 e. The van der Waals surface area contributed by atoms with Crippen molar-refractivity contribution in [3.05, 3.63) is 65.7 Å². The molecular formula is C23H25N3O3S. The van der Waals surface area contributed by atoms with E-state index in [0.29, 0.717) is 11.0 Å². The Balaban J connectivity index is 1.38. The number of thiocarbonyl (C=S) groups is 1. The van der Waals surface area contributed by atoms with Gasteiger partial charge in [-0.25, -0.2) is 0 Å². The van der Waals surface area contributed by atoms with Gasteiger partial charge in [0.1, 0.15) is 0 Å². The molecule has 0 spiro atoms. The Hall–Kier alpha value is -2.77. The number of hydrazone groups is 1. The van der Waals surface area contributed by atoms with Crippen molar-refractivity contribution in [2.45, 2.75) is 37.9 Å². The number of carboxylic acid groups (broad SMARTS) is 1. The lowest BCUT2D eigenvalue weighted by atomic mass is 9.76. The Labute approximate surface area is 181 Å². The van der Waals surface area contributed by atoms with E-state index in [1.165, 1.54) is 0 Å². The van der Waals surface area contributed by atoms with Gasteiger partial charge in [-0.1, -0.05) is 42.5 Å². The summed E-state index contributed by atoms with van der Waals surface area (Å²) in [7, 11) is 0. The molecular weight excluding hydrogens is 398 g/mol. The average Bonchev–Trinajstić information content (AvgIpc) is 3.31. The van der Waals surface area contributed by atoms with Crippen molar-refractivity contribution in [3.8, 4) is 0 Å². The van der Waals surface area contributed by atoms with Gasteiger partial charge in [0.2, 0.25) is 0 Å². The summed E-state index contributed by atoms with van der Waals surface area (Å²) >= 11 is 5.31. The summed E-state index contributed by atoms with van der Waals surface area (Å²) in [6.45, 7) is 0. The van der Waals surface area contributed by atoms with Gasteiger partial charge < -0.3 is 15.2 Å². The Kier molecular flexibility index (Phi) is 6.40. The van der Waals surface area contributed by atoms with Crippen LogP contribution >= 0.6 is 12.2 Å². The second-order valence-corrected chi connectivity index (χ2v) is 8.24. The van der Waals surface area contributed by atoms with E-state index in [-0.39, 0.29) is 24.5 Å². The Morgan fingerprint density at radius 2 is 1.90 bits per heavy atom. The summed E-state index contributed by atoms with van der Waals surface area (Å²) in [5, 5.41) is 17.0. The van der Waals surface area contributed by atoms with Crippen LogP contribution in [0.15, 0.2) is 59.7 Å². The lowest BCUT2D eigenvalue weighted by Crippen LogP contribution is -2.31. The van der Waals surface area contributed by atoms with Crippen molar-refractivity contribution in [2.75, 3.05) is 5.32 Å². The van der Waals surface area contributed by atoms with Crippen LogP contribution in [0.1, 0.15) is 24.0 Å². The number of aliphatic carboxylic acids is 1. The highest BCUT2D eigenvalue weighted by Gasteiger charge is 2.47. The molecule has 4 rings (SSSR count). The largest absolute Gasteiger partial charge is 0.481 e. The summed E-state index contributed by atoms with van der Waals surface area (Å²) in [5.41, 5.74) is 5.78. The fraction of sp³-hybridized carbons (Fsp3) is 0.348. The van der Waals surface area contributed by atoms with Gasteiger partial charge in [-0.15, -0.1) is 0 Å². The van der Waals surface area contributed by atoms with Gasteiger partial charge in [-0.05, 0) is 60.7 Å². The number of nitrogens with one attached hydrogen (secondary N) is 2. The molecule has 0 radical (unpaired) electrons. The van der Waals surface area contributed by atoms with Gasteiger partial charge in [-0.3, -0.25) is 10.2 Å². The predicted octanol–water partition coefficient (Wildman–Crippen LogP) is 3.62. The Bertz CT molecular complexity index is 934. The molecule has 2 aromatic rings. The molecule has 0 aliphatic carbocycles. The number of hydrogen-bond donors (Lipinski definition) is 3. The normalized spacial score (nSPS) is 24.8. The van der Waals surface area contributed by atoms with Gasteiger partial charge in [0, 0.05) is 17.8 Å². The first kappa shape index (κ1) is 20.5. The lowest BCUT2D eigenvalue weighted by Gasteiger charge is -2.25. The van der Waals surface area contributed by atoms with Crippen molar-refractivity contribution in [3.63, 3.8) is 0 Å². The number of benzene rings is 2. The quantitative estimate of drug-likeness (QED) is 0.358. The van der Waals surface area contributed by atoms with Gasteiger partial charge in [0.05, 0.1) is 18.6 Å². The molecule has 4 atom stereocenters. The minimum Gasteiger partial charge on any atom is -0.481 e. The van der Waals surface area contributed by atoms with Crippen LogP contribution in [0.2, 0.25) is 0 Å². The highest BCUT2D eigenvalue weighted by molar-refractivity contribution is 7.80. The van der Waals surface area contributed by atoms with Crippen molar-refractivity contribution in [1.82, 2.24) is 5.43 Å². The van der Waals surface area contributed by atoms with Crippen LogP contribution in [0.3, 0.4) is 0 Å². The zero-order valence-corrected chi connectivity index (χ0v) is 17.3. The van der Waals surface area contributed by atoms with Crippen LogP contribution in [0.4, 0.5) is 5.69 Å². The molecule has 0 amide bonds. The third kappa shape index (κ3) is 5.04. The smallest absolute Gasteiger partial charge is 0.307 e. The lowest BCUT2D eigenvalue weighted by molar-refractivity contribution is -0.136. The molecule has 2 fully saturated rings. The van der Waals surface area contributed by atoms with Gasteiger partial charge >= 0.3 is 5.97 Å². The van der Waals surface area contributed by atoms with Crippen LogP contribution in [-0.2, 0) is 22.4 Å². The summed E-state index contributed by atoms with van der Waals surface area (Å²) < 4.78 is 6.16. The monoisotopic (exact) mass is 423 g/mol. The predicted molar refractivity (Wildman–Crippen MR) is 121 cm³/mol. The van der Waals surface area contributed by atoms with Crippen LogP contribution in [-0.4, -0.2) is 34.6 Å². The van der Waals surface area contributed by atoms with Crippen molar-refractivity contribution in [2.24, 2.45) is 16.9 Å². The van der Waals surface area contributed by atoms with E-state index in [0.717, 1.165) is 36.1 Å². The summed E-state index contributed by atoms with van der Waals surface area (Å²) in [5.74, 6) is -0.282.